The zero-order chi connectivity index (χ0) is 19.8. The lowest BCUT2D eigenvalue weighted by Gasteiger charge is -2.03. The molecular formula is C24H17N3OS. The molecule has 0 aliphatic carbocycles. The first kappa shape index (κ1) is 17.5. The van der Waals surface area contributed by atoms with Crippen LogP contribution in [0.3, 0.4) is 0 Å². The summed E-state index contributed by atoms with van der Waals surface area (Å²) in [6.07, 6.45) is 0. The lowest BCUT2D eigenvalue weighted by atomic mass is 10.1. The van der Waals surface area contributed by atoms with E-state index in [0.29, 0.717) is 5.69 Å². The van der Waals surface area contributed by atoms with Gasteiger partial charge in [0.15, 0.2) is 5.75 Å². The van der Waals surface area contributed by atoms with Crippen molar-refractivity contribution in [3.05, 3.63) is 84.4 Å². The fraction of sp³-hybridized carbons (Fsp3) is 0.0417. The number of aromatic hydroxyl groups is 1. The number of fused-ring (bicyclic) bond motifs is 2. The highest BCUT2D eigenvalue weighted by molar-refractivity contribution is 7.21. The quantitative estimate of drug-likeness (QED) is 0.321. The van der Waals surface area contributed by atoms with E-state index in [4.69, 9.17) is 4.98 Å². The lowest BCUT2D eigenvalue weighted by molar-refractivity contribution is 0.482. The van der Waals surface area contributed by atoms with Gasteiger partial charge in [0.05, 0.1) is 15.9 Å². The van der Waals surface area contributed by atoms with Crippen LogP contribution in [-0.2, 0) is 0 Å². The van der Waals surface area contributed by atoms with Crippen molar-refractivity contribution in [2.24, 2.45) is 10.2 Å². The van der Waals surface area contributed by atoms with Gasteiger partial charge in [0.25, 0.3) is 0 Å². The average molecular weight is 395 g/mol. The number of hydrogen-bond donors (Lipinski definition) is 1. The van der Waals surface area contributed by atoms with Gasteiger partial charge in [-0.1, -0.05) is 42.5 Å². The second kappa shape index (κ2) is 7.11. The summed E-state index contributed by atoms with van der Waals surface area (Å²) < 4.78 is 1.22. The van der Waals surface area contributed by atoms with Gasteiger partial charge in [-0.25, -0.2) is 4.98 Å². The summed E-state index contributed by atoms with van der Waals surface area (Å²) in [5.41, 5.74) is 4.50. The third-order valence-corrected chi connectivity index (χ3v) is 6.13. The minimum atomic E-state index is 0.147. The normalized spacial score (nSPS) is 11.6. The fourth-order valence-electron chi connectivity index (χ4n) is 3.32. The molecule has 140 valence electrons. The molecule has 1 N–H and O–H groups in total. The second-order valence-electron chi connectivity index (χ2n) is 6.84. The summed E-state index contributed by atoms with van der Waals surface area (Å²) in [5.74, 6) is 0.147. The molecule has 0 spiro atoms. The Labute approximate surface area is 171 Å². The standard InChI is InChI=1S/C24H17N3OS/c1-15-5-4-8-21-23(15)29-24(25-21)17-9-12-18(13-10-17)26-27-20-14-11-16-6-2-3-7-19(16)22(20)28/h2-14,28H,1H3/b27-26+. The van der Waals surface area contributed by atoms with Crippen molar-refractivity contribution in [2.75, 3.05) is 0 Å². The second-order valence-corrected chi connectivity index (χ2v) is 7.84. The van der Waals surface area contributed by atoms with Crippen LogP contribution in [0.5, 0.6) is 5.75 Å². The molecule has 0 aliphatic heterocycles. The molecule has 5 heteroatoms. The molecule has 0 amide bonds. The van der Waals surface area contributed by atoms with E-state index in [9.17, 15) is 5.11 Å². The first-order valence-corrected chi connectivity index (χ1v) is 10.1. The zero-order valence-electron chi connectivity index (χ0n) is 15.7. The zero-order valence-corrected chi connectivity index (χ0v) is 16.5. The molecular weight excluding hydrogens is 378 g/mol. The molecule has 0 bridgehead atoms. The summed E-state index contributed by atoms with van der Waals surface area (Å²) in [6, 6.07) is 25.4. The van der Waals surface area contributed by atoms with Crippen LogP contribution < -0.4 is 0 Å². The van der Waals surface area contributed by atoms with Gasteiger partial charge in [-0.3, -0.25) is 0 Å². The molecule has 0 fully saturated rings. The van der Waals surface area contributed by atoms with Crippen LogP contribution in [0.15, 0.2) is 89.1 Å². The van der Waals surface area contributed by atoms with E-state index in [-0.39, 0.29) is 5.75 Å². The van der Waals surface area contributed by atoms with Crippen molar-refractivity contribution in [2.45, 2.75) is 6.92 Å². The molecule has 4 nitrogen and oxygen atoms in total. The Morgan fingerprint density at radius 2 is 1.66 bits per heavy atom. The van der Waals surface area contributed by atoms with Crippen LogP contribution in [0, 0.1) is 6.92 Å². The van der Waals surface area contributed by atoms with Crippen LogP contribution in [0.25, 0.3) is 31.6 Å². The van der Waals surface area contributed by atoms with Gasteiger partial charge in [-0.05, 0) is 54.3 Å². The predicted octanol–water partition coefficient (Wildman–Crippen LogP) is 7.55. The SMILES string of the molecule is Cc1cccc2nc(-c3ccc(/N=N/c4ccc5ccccc5c4O)cc3)sc12. The highest BCUT2D eigenvalue weighted by Gasteiger charge is 2.08. The number of aromatic nitrogens is 1. The topological polar surface area (TPSA) is 57.8 Å². The van der Waals surface area contributed by atoms with Crippen LogP contribution in [0.4, 0.5) is 11.4 Å². The van der Waals surface area contributed by atoms with E-state index in [2.05, 4.69) is 23.2 Å². The number of hydrogen-bond acceptors (Lipinski definition) is 5. The number of thiazole rings is 1. The smallest absolute Gasteiger partial charge is 0.150 e. The van der Waals surface area contributed by atoms with E-state index >= 15 is 0 Å². The molecule has 1 heterocycles. The van der Waals surface area contributed by atoms with Gasteiger partial charge in [0, 0.05) is 10.9 Å². The van der Waals surface area contributed by atoms with Gasteiger partial charge in [-0.15, -0.1) is 16.5 Å². The Morgan fingerprint density at radius 3 is 2.48 bits per heavy atom. The first-order chi connectivity index (χ1) is 14.2. The summed E-state index contributed by atoms with van der Waals surface area (Å²) >= 11 is 1.70. The van der Waals surface area contributed by atoms with Crippen LogP contribution in [-0.4, -0.2) is 10.1 Å². The summed E-state index contributed by atoms with van der Waals surface area (Å²) in [6.45, 7) is 2.11. The number of benzene rings is 4. The Balaban J connectivity index is 1.43. The van der Waals surface area contributed by atoms with E-state index in [1.165, 1.54) is 10.3 Å². The van der Waals surface area contributed by atoms with Gasteiger partial charge < -0.3 is 5.11 Å². The molecule has 1 aromatic heterocycles. The van der Waals surface area contributed by atoms with Crippen molar-refractivity contribution in [3.63, 3.8) is 0 Å². The molecule has 0 aliphatic rings. The van der Waals surface area contributed by atoms with Gasteiger partial charge in [0.1, 0.15) is 10.7 Å². The van der Waals surface area contributed by atoms with Crippen LogP contribution in [0.1, 0.15) is 5.56 Å². The van der Waals surface area contributed by atoms with Crippen molar-refractivity contribution in [3.8, 4) is 16.3 Å². The maximum Gasteiger partial charge on any atom is 0.150 e. The van der Waals surface area contributed by atoms with Gasteiger partial charge >= 0.3 is 0 Å². The monoisotopic (exact) mass is 395 g/mol. The summed E-state index contributed by atoms with van der Waals surface area (Å²) in [7, 11) is 0. The third-order valence-electron chi connectivity index (χ3n) is 4.88. The lowest BCUT2D eigenvalue weighted by Crippen LogP contribution is -1.76. The molecule has 0 saturated heterocycles. The molecule has 0 atom stereocenters. The molecule has 0 unspecified atom stereocenters. The Bertz CT molecular complexity index is 1370. The minimum Gasteiger partial charge on any atom is -0.505 e. The van der Waals surface area contributed by atoms with Gasteiger partial charge in [-0.2, -0.15) is 5.11 Å². The number of azo groups is 1. The van der Waals surface area contributed by atoms with E-state index in [1.54, 1.807) is 17.4 Å². The molecule has 0 saturated carbocycles. The highest BCUT2D eigenvalue weighted by Crippen LogP contribution is 2.36. The predicted molar refractivity (Wildman–Crippen MR) is 120 cm³/mol. The number of phenols is 1. The van der Waals surface area contributed by atoms with Crippen molar-refractivity contribution < 1.29 is 5.11 Å². The van der Waals surface area contributed by atoms with E-state index in [1.807, 2.05) is 66.7 Å². The largest absolute Gasteiger partial charge is 0.505 e. The highest BCUT2D eigenvalue weighted by atomic mass is 32.1. The minimum absolute atomic E-state index is 0.147. The maximum atomic E-state index is 10.5. The van der Waals surface area contributed by atoms with Crippen molar-refractivity contribution in [1.82, 2.24) is 4.98 Å². The fourth-order valence-corrected chi connectivity index (χ4v) is 4.36. The van der Waals surface area contributed by atoms with Crippen molar-refractivity contribution >= 4 is 43.7 Å². The van der Waals surface area contributed by atoms with Gasteiger partial charge in [0.2, 0.25) is 0 Å². The van der Waals surface area contributed by atoms with E-state index < -0.39 is 0 Å². The average Bonchev–Trinajstić information content (AvgIpc) is 3.20. The van der Waals surface area contributed by atoms with Crippen LogP contribution >= 0.6 is 11.3 Å². The Kier molecular flexibility index (Phi) is 4.30. The Morgan fingerprint density at radius 1 is 0.828 bits per heavy atom. The Hall–Kier alpha value is -3.57. The maximum absolute atomic E-state index is 10.5. The molecule has 4 aromatic carbocycles. The van der Waals surface area contributed by atoms with E-state index in [0.717, 1.165) is 32.5 Å². The molecule has 5 aromatic rings. The number of phenolic OH excluding ortho intramolecular Hbond substituents is 1. The summed E-state index contributed by atoms with van der Waals surface area (Å²) in [5, 5.41) is 21.7. The van der Waals surface area contributed by atoms with Crippen LogP contribution in [0.2, 0.25) is 0 Å². The molecule has 5 rings (SSSR count). The molecule has 0 radical (unpaired) electrons. The molecule has 29 heavy (non-hydrogen) atoms. The van der Waals surface area contributed by atoms with Crippen molar-refractivity contribution in [1.29, 1.82) is 0 Å². The third kappa shape index (κ3) is 3.26. The summed E-state index contributed by atoms with van der Waals surface area (Å²) in [4.78, 5) is 4.74. The number of aryl methyl sites for hydroxylation is 1. The first-order valence-electron chi connectivity index (χ1n) is 9.28. The number of nitrogens with zero attached hydrogens (tertiary/aromatic N) is 3. The number of rotatable bonds is 3.